The van der Waals surface area contributed by atoms with Crippen LogP contribution in [-0.4, -0.2) is 29.8 Å². The van der Waals surface area contributed by atoms with Crippen LogP contribution in [0.2, 0.25) is 5.02 Å². The molecule has 4 nitrogen and oxygen atoms in total. The van der Waals surface area contributed by atoms with Gasteiger partial charge >= 0.3 is 5.97 Å². The van der Waals surface area contributed by atoms with E-state index in [4.69, 9.17) is 16.3 Å². The molecule has 2 rings (SSSR count). The van der Waals surface area contributed by atoms with Gasteiger partial charge in [-0.1, -0.05) is 11.6 Å². The van der Waals surface area contributed by atoms with E-state index in [1.165, 1.54) is 6.07 Å². The summed E-state index contributed by atoms with van der Waals surface area (Å²) in [5, 5.41) is 12.9. The maximum absolute atomic E-state index is 11.2. The molecule has 1 aromatic carbocycles. The zero-order valence-corrected chi connectivity index (χ0v) is 11.0. The van der Waals surface area contributed by atoms with Gasteiger partial charge in [0.2, 0.25) is 0 Å². The lowest BCUT2D eigenvalue weighted by molar-refractivity contribution is 0.0655. The number of ether oxygens (including phenoxy) is 1. The van der Waals surface area contributed by atoms with Crippen LogP contribution in [0.4, 0.5) is 5.69 Å². The molecule has 5 heteroatoms. The molecule has 1 fully saturated rings. The molecule has 1 heterocycles. The summed E-state index contributed by atoms with van der Waals surface area (Å²) >= 11 is 5.83. The number of aromatic carboxylic acids is 1. The highest BCUT2D eigenvalue weighted by molar-refractivity contribution is 6.31. The third kappa shape index (κ3) is 2.94. The molecule has 0 saturated carbocycles. The fourth-order valence-electron chi connectivity index (χ4n) is 2.07. The zero-order valence-electron chi connectivity index (χ0n) is 10.2. The van der Waals surface area contributed by atoms with Crippen molar-refractivity contribution in [2.75, 3.05) is 18.5 Å². The monoisotopic (exact) mass is 269 g/mol. The lowest BCUT2D eigenvalue weighted by Crippen LogP contribution is -2.41. The van der Waals surface area contributed by atoms with E-state index in [0.29, 0.717) is 23.9 Å². The highest BCUT2D eigenvalue weighted by atomic mass is 35.5. The van der Waals surface area contributed by atoms with Gasteiger partial charge in [0, 0.05) is 29.5 Å². The van der Waals surface area contributed by atoms with E-state index in [1.54, 1.807) is 12.1 Å². The lowest BCUT2D eigenvalue weighted by atomic mass is 9.91. The quantitative estimate of drug-likeness (QED) is 0.886. The third-order valence-corrected chi connectivity index (χ3v) is 3.48. The SMILES string of the molecule is CC1(Nc2ccc(Cl)cc2C(=O)O)CCOCC1. The number of hydrogen-bond acceptors (Lipinski definition) is 3. The fourth-order valence-corrected chi connectivity index (χ4v) is 2.25. The number of hydrogen-bond donors (Lipinski definition) is 2. The van der Waals surface area contributed by atoms with Crippen molar-refractivity contribution in [3.8, 4) is 0 Å². The first-order valence-corrected chi connectivity index (χ1v) is 6.27. The molecule has 2 N–H and O–H groups in total. The summed E-state index contributed by atoms with van der Waals surface area (Å²) in [7, 11) is 0. The summed E-state index contributed by atoms with van der Waals surface area (Å²) in [6, 6.07) is 4.88. The number of carboxylic acids is 1. The summed E-state index contributed by atoms with van der Waals surface area (Å²) in [4.78, 5) is 11.2. The fraction of sp³-hybridized carbons (Fsp3) is 0.462. The van der Waals surface area contributed by atoms with Gasteiger partial charge in [0.25, 0.3) is 0 Å². The average molecular weight is 270 g/mol. The zero-order chi connectivity index (χ0) is 13.2. The number of anilines is 1. The Labute approximate surface area is 111 Å². The van der Waals surface area contributed by atoms with Crippen molar-refractivity contribution >= 4 is 23.3 Å². The molecule has 1 aromatic rings. The first-order valence-electron chi connectivity index (χ1n) is 5.89. The predicted molar refractivity (Wildman–Crippen MR) is 70.5 cm³/mol. The molecule has 98 valence electrons. The number of carbonyl (C=O) groups is 1. The Balaban J connectivity index is 2.25. The van der Waals surface area contributed by atoms with Crippen LogP contribution >= 0.6 is 11.6 Å². The second kappa shape index (κ2) is 5.16. The maximum Gasteiger partial charge on any atom is 0.337 e. The summed E-state index contributed by atoms with van der Waals surface area (Å²) in [6.45, 7) is 3.47. The normalized spacial score (nSPS) is 18.3. The van der Waals surface area contributed by atoms with Gasteiger partial charge in [0.15, 0.2) is 0 Å². The van der Waals surface area contributed by atoms with Gasteiger partial charge < -0.3 is 15.2 Å². The molecule has 0 aromatic heterocycles. The van der Waals surface area contributed by atoms with Gasteiger partial charge in [-0.15, -0.1) is 0 Å². The Morgan fingerprint density at radius 1 is 1.44 bits per heavy atom. The van der Waals surface area contributed by atoms with Crippen molar-refractivity contribution in [3.63, 3.8) is 0 Å². The summed E-state index contributed by atoms with van der Waals surface area (Å²) in [5.41, 5.74) is 0.683. The van der Waals surface area contributed by atoms with Crippen LogP contribution in [0.5, 0.6) is 0 Å². The molecular weight excluding hydrogens is 254 g/mol. The first kappa shape index (κ1) is 13.2. The Bertz CT molecular complexity index is 456. The molecule has 0 amide bonds. The van der Waals surface area contributed by atoms with E-state index in [9.17, 15) is 9.90 Å². The van der Waals surface area contributed by atoms with E-state index >= 15 is 0 Å². The first-order chi connectivity index (χ1) is 8.50. The minimum atomic E-state index is -0.976. The largest absolute Gasteiger partial charge is 0.478 e. The van der Waals surface area contributed by atoms with Crippen molar-refractivity contribution < 1.29 is 14.6 Å². The predicted octanol–water partition coefficient (Wildman–Crippen LogP) is 3.02. The molecule has 1 saturated heterocycles. The van der Waals surface area contributed by atoms with Crippen LogP contribution in [0.3, 0.4) is 0 Å². The Morgan fingerprint density at radius 2 is 2.11 bits per heavy atom. The van der Waals surface area contributed by atoms with E-state index < -0.39 is 5.97 Å². The van der Waals surface area contributed by atoms with Crippen molar-refractivity contribution in [3.05, 3.63) is 28.8 Å². The van der Waals surface area contributed by atoms with Crippen LogP contribution in [-0.2, 0) is 4.74 Å². The molecule has 0 spiro atoms. The Kier molecular flexibility index (Phi) is 3.78. The molecule has 1 aliphatic rings. The van der Waals surface area contributed by atoms with Crippen LogP contribution in [0.25, 0.3) is 0 Å². The molecule has 18 heavy (non-hydrogen) atoms. The van der Waals surface area contributed by atoms with E-state index in [2.05, 4.69) is 12.2 Å². The van der Waals surface area contributed by atoms with E-state index in [-0.39, 0.29) is 11.1 Å². The molecule has 0 radical (unpaired) electrons. The van der Waals surface area contributed by atoms with E-state index in [1.807, 2.05) is 0 Å². The van der Waals surface area contributed by atoms with Crippen molar-refractivity contribution in [2.24, 2.45) is 0 Å². The van der Waals surface area contributed by atoms with Gasteiger partial charge in [0.05, 0.1) is 5.56 Å². The van der Waals surface area contributed by atoms with Crippen LogP contribution in [0, 0.1) is 0 Å². The molecule has 0 unspecified atom stereocenters. The second-order valence-electron chi connectivity index (χ2n) is 4.79. The summed E-state index contributed by atoms with van der Waals surface area (Å²) < 4.78 is 5.32. The van der Waals surface area contributed by atoms with Crippen LogP contribution in [0.15, 0.2) is 18.2 Å². The molecule has 0 atom stereocenters. The minimum Gasteiger partial charge on any atom is -0.478 e. The standard InChI is InChI=1S/C13H16ClNO3/c1-13(4-6-18-7-5-13)15-11-3-2-9(14)8-10(11)12(16)17/h2-3,8,15H,4-7H2,1H3,(H,16,17). The van der Waals surface area contributed by atoms with Gasteiger partial charge in [-0.3, -0.25) is 0 Å². The van der Waals surface area contributed by atoms with Crippen molar-refractivity contribution in [2.45, 2.75) is 25.3 Å². The van der Waals surface area contributed by atoms with E-state index in [0.717, 1.165) is 12.8 Å². The number of carboxylic acid groups (broad SMARTS) is 1. The Hall–Kier alpha value is -1.26. The van der Waals surface area contributed by atoms with Gasteiger partial charge in [-0.25, -0.2) is 4.79 Å². The highest BCUT2D eigenvalue weighted by Crippen LogP contribution is 2.29. The third-order valence-electron chi connectivity index (χ3n) is 3.24. The van der Waals surface area contributed by atoms with Gasteiger partial charge in [0.1, 0.15) is 0 Å². The topological polar surface area (TPSA) is 58.6 Å². The number of nitrogens with one attached hydrogen (secondary N) is 1. The summed E-state index contributed by atoms with van der Waals surface area (Å²) in [6.07, 6.45) is 1.71. The molecular formula is C13H16ClNO3. The molecule has 0 bridgehead atoms. The smallest absolute Gasteiger partial charge is 0.337 e. The van der Waals surface area contributed by atoms with Gasteiger partial charge in [-0.2, -0.15) is 0 Å². The Morgan fingerprint density at radius 3 is 2.72 bits per heavy atom. The second-order valence-corrected chi connectivity index (χ2v) is 5.23. The highest BCUT2D eigenvalue weighted by Gasteiger charge is 2.28. The van der Waals surface area contributed by atoms with Crippen molar-refractivity contribution in [1.82, 2.24) is 0 Å². The molecule has 1 aliphatic heterocycles. The number of halogens is 1. The minimum absolute atomic E-state index is 0.129. The maximum atomic E-state index is 11.2. The van der Waals surface area contributed by atoms with Gasteiger partial charge in [-0.05, 0) is 38.0 Å². The summed E-state index contributed by atoms with van der Waals surface area (Å²) in [5.74, 6) is -0.976. The van der Waals surface area contributed by atoms with Crippen LogP contribution < -0.4 is 5.32 Å². The molecule has 0 aliphatic carbocycles. The van der Waals surface area contributed by atoms with Crippen molar-refractivity contribution in [1.29, 1.82) is 0 Å². The lowest BCUT2D eigenvalue weighted by Gasteiger charge is -2.35. The number of benzene rings is 1. The van der Waals surface area contributed by atoms with Crippen LogP contribution in [0.1, 0.15) is 30.1 Å². The number of rotatable bonds is 3. The average Bonchev–Trinajstić information content (AvgIpc) is 2.32.